The molecule has 54 valence electrons. The largest absolute Gasteiger partial charge is 0.478 e. The molecule has 0 aromatic heterocycles. The first-order valence-corrected chi connectivity index (χ1v) is 3.36. The molecule has 2 heteroatoms. The van der Waals surface area contributed by atoms with Gasteiger partial charge in [0.2, 0.25) is 0 Å². The van der Waals surface area contributed by atoms with Crippen molar-refractivity contribution in [3.05, 3.63) is 23.8 Å². The van der Waals surface area contributed by atoms with Gasteiger partial charge in [-0.25, -0.2) is 4.79 Å². The van der Waals surface area contributed by atoms with Gasteiger partial charge >= 0.3 is 5.97 Å². The van der Waals surface area contributed by atoms with Crippen LogP contribution in [0.4, 0.5) is 0 Å². The summed E-state index contributed by atoms with van der Waals surface area (Å²) in [6.45, 7) is 0. The normalized spacial score (nSPS) is 21.4. The highest BCUT2D eigenvalue weighted by Crippen LogP contribution is 2.16. The molecule has 0 radical (unpaired) electrons. The SMILES string of the molecule is O=C(O)/C=C1/CC=CCC1. The number of aliphatic carboxylic acids is 1. The Balaban J connectivity index is 2.56. The van der Waals surface area contributed by atoms with Gasteiger partial charge in [-0.15, -0.1) is 0 Å². The van der Waals surface area contributed by atoms with E-state index in [-0.39, 0.29) is 0 Å². The molecule has 0 atom stereocenters. The van der Waals surface area contributed by atoms with E-state index in [2.05, 4.69) is 6.08 Å². The second-order valence-electron chi connectivity index (χ2n) is 2.36. The van der Waals surface area contributed by atoms with Crippen molar-refractivity contribution in [3.63, 3.8) is 0 Å². The van der Waals surface area contributed by atoms with Gasteiger partial charge in [-0.2, -0.15) is 0 Å². The molecule has 0 spiro atoms. The minimum absolute atomic E-state index is 0.812. The standard InChI is InChI=1S/C8H10O2/c9-8(10)6-7-4-2-1-3-5-7/h1-2,6H,3-5H2,(H,9,10)/b7-6-. The summed E-state index contributed by atoms with van der Waals surface area (Å²) in [6.07, 6.45) is 8.11. The van der Waals surface area contributed by atoms with Crippen LogP contribution in [0.5, 0.6) is 0 Å². The van der Waals surface area contributed by atoms with Crippen LogP contribution < -0.4 is 0 Å². The van der Waals surface area contributed by atoms with Crippen LogP contribution in [0.3, 0.4) is 0 Å². The van der Waals surface area contributed by atoms with Crippen LogP contribution in [-0.2, 0) is 4.79 Å². The van der Waals surface area contributed by atoms with Crippen molar-refractivity contribution >= 4 is 5.97 Å². The molecule has 2 nitrogen and oxygen atoms in total. The Kier molecular flexibility index (Phi) is 2.26. The lowest BCUT2D eigenvalue weighted by Gasteiger charge is -2.05. The summed E-state index contributed by atoms with van der Waals surface area (Å²) in [6, 6.07) is 0. The molecule has 1 aliphatic carbocycles. The fourth-order valence-corrected chi connectivity index (χ4v) is 1.03. The summed E-state index contributed by atoms with van der Waals surface area (Å²) in [7, 11) is 0. The third kappa shape index (κ3) is 2.05. The first-order valence-electron chi connectivity index (χ1n) is 3.36. The fraction of sp³-hybridized carbons (Fsp3) is 0.375. The molecule has 0 saturated heterocycles. The molecule has 0 fully saturated rings. The summed E-state index contributed by atoms with van der Waals surface area (Å²) >= 11 is 0. The lowest BCUT2D eigenvalue weighted by molar-refractivity contribution is -0.131. The van der Waals surface area contributed by atoms with Crippen molar-refractivity contribution < 1.29 is 9.90 Å². The van der Waals surface area contributed by atoms with E-state index in [9.17, 15) is 4.79 Å². The van der Waals surface area contributed by atoms with E-state index < -0.39 is 5.97 Å². The van der Waals surface area contributed by atoms with E-state index in [4.69, 9.17) is 5.11 Å². The second-order valence-corrected chi connectivity index (χ2v) is 2.36. The van der Waals surface area contributed by atoms with Gasteiger partial charge in [-0.05, 0) is 19.3 Å². The van der Waals surface area contributed by atoms with Crippen LogP contribution in [0.25, 0.3) is 0 Å². The number of hydrogen-bond donors (Lipinski definition) is 1. The quantitative estimate of drug-likeness (QED) is 0.442. The molecule has 0 heterocycles. The van der Waals surface area contributed by atoms with Crippen molar-refractivity contribution in [2.24, 2.45) is 0 Å². The van der Waals surface area contributed by atoms with Crippen molar-refractivity contribution in [3.8, 4) is 0 Å². The maximum atomic E-state index is 10.2. The molecule has 0 saturated carbocycles. The zero-order valence-electron chi connectivity index (χ0n) is 5.71. The molecular weight excluding hydrogens is 128 g/mol. The van der Waals surface area contributed by atoms with E-state index >= 15 is 0 Å². The van der Waals surface area contributed by atoms with Crippen LogP contribution in [0.15, 0.2) is 23.8 Å². The maximum absolute atomic E-state index is 10.2. The Hall–Kier alpha value is -1.05. The van der Waals surface area contributed by atoms with Crippen LogP contribution in [0.1, 0.15) is 19.3 Å². The minimum atomic E-state index is -0.828. The Labute approximate surface area is 59.9 Å². The molecule has 0 amide bonds. The van der Waals surface area contributed by atoms with Crippen LogP contribution in [0, 0.1) is 0 Å². The smallest absolute Gasteiger partial charge is 0.328 e. The Bertz CT molecular complexity index is 189. The first-order chi connectivity index (χ1) is 4.79. The second kappa shape index (κ2) is 3.20. The van der Waals surface area contributed by atoms with E-state index in [0.29, 0.717) is 0 Å². The number of allylic oxidation sites excluding steroid dienone is 3. The predicted octanol–water partition coefficient (Wildman–Crippen LogP) is 1.74. The summed E-state index contributed by atoms with van der Waals surface area (Å²) < 4.78 is 0. The summed E-state index contributed by atoms with van der Waals surface area (Å²) in [5.74, 6) is -0.828. The summed E-state index contributed by atoms with van der Waals surface area (Å²) in [4.78, 5) is 10.2. The van der Waals surface area contributed by atoms with E-state index in [1.54, 1.807) is 0 Å². The number of carboxylic acids is 1. The summed E-state index contributed by atoms with van der Waals surface area (Å²) in [5.41, 5.74) is 1.02. The highest BCUT2D eigenvalue weighted by molar-refractivity contribution is 5.80. The number of hydrogen-bond acceptors (Lipinski definition) is 1. The average molecular weight is 138 g/mol. The molecule has 1 rings (SSSR count). The highest BCUT2D eigenvalue weighted by Gasteiger charge is 2.00. The van der Waals surface area contributed by atoms with Crippen LogP contribution >= 0.6 is 0 Å². The lowest BCUT2D eigenvalue weighted by Crippen LogP contribution is -1.94. The zero-order valence-corrected chi connectivity index (χ0v) is 5.71. The van der Waals surface area contributed by atoms with E-state index in [1.807, 2.05) is 6.08 Å². The maximum Gasteiger partial charge on any atom is 0.328 e. The third-order valence-electron chi connectivity index (χ3n) is 1.51. The lowest BCUT2D eigenvalue weighted by atomic mass is 10.0. The monoisotopic (exact) mass is 138 g/mol. The summed E-state index contributed by atoms with van der Waals surface area (Å²) in [5, 5.41) is 8.37. The minimum Gasteiger partial charge on any atom is -0.478 e. The third-order valence-corrected chi connectivity index (χ3v) is 1.51. The Morgan fingerprint density at radius 3 is 2.90 bits per heavy atom. The van der Waals surface area contributed by atoms with Gasteiger partial charge < -0.3 is 5.11 Å². The van der Waals surface area contributed by atoms with Gasteiger partial charge in [0.25, 0.3) is 0 Å². The van der Waals surface area contributed by atoms with Crippen molar-refractivity contribution in [2.75, 3.05) is 0 Å². The zero-order chi connectivity index (χ0) is 7.40. The van der Waals surface area contributed by atoms with Crippen LogP contribution in [0.2, 0.25) is 0 Å². The molecule has 10 heavy (non-hydrogen) atoms. The molecule has 0 aliphatic heterocycles. The van der Waals surface area contributed by atoms with Crippen LogP contribution in [-0.4, -0.2) is 11.1 Å². The number of rotatable bonds is 1. The van der Waals surface area contributed by atoms with Gasteiger partial charge in [0, 0.05) is 6.08 Å². The Morgan fingerprint density at radius 1 is 1.60 bits per heavy atom. The van der Waals surface area contributed by atoms with Crippen molar-refractivity contribution in [1.82, 2.24) is 0 Å². The van der Waals surface area contributed by atoms with E-state index in [0.717, 1.165) is 24.8 Å². The molecule has 1 N–H and O–H groups in total. The molecule has 1 aliphatic rings. The van der Waals surface area contributed by atoms with Crippen molar-refractivity contribution in [1.29, 1.82) is 0 Å². The van der Waals surface area contributed by atoms with E-state index in [1.165, 1.54) is 6.08 Å². The first kappa shape index (κ1) is 7.06. The number of carboxylic acid groups (broad SMARTS) is 1. The molecule has 0 aromatic carbocycles. The topological polar surface area (TPSA) is 37.3 Å². The van der Waals surface area contributed by atoms with Gasteiger partial charge in [0.1, 0.15) is 0 Å². The fourth-order valence-electron chi connectivity index (χ4n) is 1.03. The van der Waals surface area contributed by atoms with Crippen molar-refractivity contribution in [2.45, 2.75) is 19.3 Å². The highest BCUT2D eigenvalue weighted by atomic mass is 16.4. The van der Waals surface area contributed by atoms with Gasteiger partial charge in [-0.1, -0.05) is 17.7 Å². The van der Waals surface area contributed by atoms with Gasteiger partial charge in [0.15, 0.2) is 0 Å². The number of carbonyl (C=O) groups is 1. The predicted molar refractivity (Wildman–Crippen MR) is 38.7 cm³/mol. The molecule has 0 unspecified atom stereocenters. The molecular formula is C8H10O2. The van der Waals surface area contributed by atoms with Gasteiger partial charge in [-0.3, -0.25) is 0 Å². The molecule has 0 aromatic rings. The average Bonchev–Trinajstić information content (AvgIpc) is 1.88. The molecule has 0 bridgehead atoms. The Morgan fingerprint density at radius 2 is 2.40 bits per heavy atom. The van der Waals surface area contributed by atoms with Gasteiger partial charge in [0.05, 0.1) is 0 Å².